The van der Waals surface area contributed by atoms with E-state index < -0.39 is 0 Å². The van der Waals surface area contributed by atoms with E-state index >= 15 is 0 Å². The molecule has 0 saturated carbocycles. The molecule has 0 aromatic carbocycles. The first-order valence-electron chi connectivity index (χ1n) is 5.08. The average molecular weight is 196 g/mol. The minimum absolute atomic E-state index is 0.593. The summed E-state index contributed by atoms with van der Waals surface area (Å²) in [6.45, 7) is 4.72. The minimum Gasteiger partial charge on any atom is -0.340 e. The fraction of sp³-hybridized carbons (Fsp3) is 0.778. The monoisotopic (exact) mass is 196 g/mol. The molecule has 0 radical (unpaired) electrons. The van der Waals surface area contributed by atoms with Crippen LogP contribution in [-0.2, 0) is 6.54 Å². The van der Waals surface area contributed by atoms with E-state index in [-0.39, 0.29) is 0 Å². The first-order chi connectivity index (χ1) is 6.84. The van der Waals surface area contributed by atoms with E-state index in [9.17, 15) is 0 Å². The van der Waals surface area contributed by atoms with Gasteiger partial charge in [-0.3, -0.25) is 0 Å². The van der Waals surface area contributed by atoms with Crippen LogP contribution in [0.3, 0.4) is 0 Å². The normalized spacial score (nSPS) is 18.6. The van der Waals surface area contributed by atoms with Gasteiger partial charge in [-0.25, -0.2) is 0 Å². The number of rotatable bonds is 3. The smallest absolute Gasteiger partial charge is 0.223 e. The number of nitrogens with one attached hydrogen (secondary N) is 2. The third kappa shape index (κ3) is 2.52. The molecule has 0 amide bonds. The highest BCUT2D eigenvalue weighted by atomic mass is 16.5. The predicted molar refractivity (Wildman–Crippen MR) is 51.8 cm³/mol. The van der Waals surface area contributed by atoms with Crippen LogP contribution in [0.2, 0.25) is 0 Å². The van der Waals surface area contributed by atoms with Crippen molar-refractivity contribution < 1.29 is 4.52 Å². The SMILES string of the molecule is Cc1nc(CNC2CCNCC2)no1. The molecule has 0 atom stereocenters. The van der Waals surface area contributed by atoms with Gasteiger partial charge in [-0.2, -0.15) is 4.98 Å². The fourth-order valence-electron chi connectivity index (χ4n) is 1.67. The number of hydrogen-bond donors (Lipinski definition) is 2. The standard InChI is InChI=1S/C9H16N4O/c1-7-12-9(13-14-7)6-11-8-2-4-10-5-3-8/h8,10-11H,2-6H2,1H3. The van der Waals surface area contributed by atoms with Crippen LogP contribution in [0.4, 0.5) is 0 Å². The maximum atomic E-state index is 4.89. The van der Waals surface area contributed by atoms with Crippen LogP contribution in [0.15, 0.2) is 4.52 Å². The summed E-state index contributed by atoms with van der Waals surface area (Å²) in [5, 5.41) is 10.6. The van der Waals surface area contributed by atoms with Gasteiger partial charge in [0.1, 0.15) is 0 Å². The van der Waals surface area contributed by atoms with E-state index in [1.165, 1.54) is 12.8 Å². The molecule has 1 aromatic heterocycles. The van der Waals surface area contributed by atoms with Crippen molar-refractivity contribution >= 4 is 0 Å². The summed E-state index contributed by atoms with van der Waals surface area (Å²) >= 11 is 0. The van der Waals surface area contributed by atoms with Crippen molar-refractivity contribution in [2.24, 2.45) is 0 Å². The van der Waals surface area contributed by atoms with E-state index in [0.29, 0.717) is 18.5 Å². The summed E-state index contributed by atoms with van der Waals surface area (Å²) in [6, 6.07) is 0.593. The van der Waals surface area contributed by atoms with E-state index in [4.69, 9.17) is 4.52 Å². The number of aromatic nitrogens is 2. The molecule has 1 fully saturated rings. The number of nitrogens with zero attached hydrogens (tertiary/aromatic N) is 2. The molecule has 0 unspecified atom stereocenters. The van der Waals surface area contributed by atoms with Crippen molar-refractivity contribution in [3.8, 4) is 0 Å². The Kier molecular flexibility index (Phi) is 3.10. The Balaban J connectivity index is 1.76. The van der Waals surface area contributed by atoms with E-state index in [1.54, 1.807) is 6.92 Å². The van der Waals surface area contributed by atoms with Crippen molar-refractivity contribution in [3.05, 3.63) is 11.7 Å². The lowest BCUT2D eigenvalue weighted by Gasteiger charge is -2.22. The lowest BCUT2D eigenvalue weighted by Crippen LogP contribution is -2.39. The summed E-state index contributed by atoms with van der Waals surface area (Å²) in [4.78, 5) is 4.14. The molecule has 2 rings (SSSR count). The van der Waals surface area contributed by atoms with Crippen molar-refractivity contribution in [2.75, 3.05) is 13.1 Å². The highest BCUT2D eigenvalue weighted by molar-refractivity contribution is 4.85. The van der Waals surface area contributed by atoms with Gasteiger partial charge in [-0.15, -0.1) is 0 Å². The van der Waals surface area contributed by atoms with Crippen LogP contribution < -0.4 is 10.6 Å². The number of aryl methyl sites for hydroxylation is 1. The summed E-state index contributed by atoms with van der Waals surface area (Å²) in [5.74, 6) is 1.38. The third-order valence-electron chi connectivity index (χ3n) is 2.46. The Labute approximate surface area is 83.3 Å². The highest BCUT2D eigenvalue weighted by Gasteiger charge is 2.12. The first-order valence-corrected chi connectivity index (χ1v) is 5.08. The van der Waals surface area contributed by atoms with Gasteiger partial charge in [0, 0.05) is 13.0 Å². The summed E-state index contributed by atoms with van der Waals surface area (Å²) in [7, 11) is 0. The second-order valence-corrected chi connectivity index (χ2v) is 3.63. The van der Waals surface area contributed by atoms with Gasteiger partial charge in [0.2, 0.25) is 5.89 Å². The molecule has 5 nitrogen and oxygen atoms in total. The minimum atomic E-state index is 0.593. The van der Waals surface area contributed by atoms with Crippen molar-refractivity contribution in [1.29, 1.82) is 0 Å². The quantitative estimate of drug-likeness (QED) is 0.724. The van der Waals surface area contributed by atoms with Gasteiger partial charge in [-0.05, 0) is 25.9 Å². The van der Waals surface area contributed by atoms with Crippen LogP contribution in [0.1, 0.15) is 24.6 Å². The van der Waals surface area contributed by atoms with Gasteiger partial charge in [-0.1, -0.05) is 5.16 Å². The van der Waals surface area contributed by atoms with E-state index in [0.717, 1.165) is 18.9 Å². The molecule has 0 bridgehead atoms. The fourth-order valence-corrected chi connectivity index (χ4v) is 1.67. The molecular weight excluding hydrogens is 180 g/mol. The third-order valence-corrected chi connectivity index (χ3v) is 2.46. The molecule has 1 aromatic rings. The molecule has 78 valence electrons. The number of hydrogen-bond acceptors (Lipinski definition) is 5. The highest BCUT2D eigenvalue weighted by Crippen LogP contribution is 2.03. The van der Waals surface area contributed by atoms with Crippen LogP contribution >= 0.6 is 0 Å². The van der Waals surface area contributed by atoms with Crippen molar-refractivity contribution in [1.82, 2.24) is 20.8 Å². The second-order valence-electron chi connectivity index (χ2n) is 3.63. The molecule has 5 heteroatoms. The molecule has 1 saturated heterocycles. The largest absolute Gasteiger partial charge is 0.340 e. The zero-order chi connectivity index (χ0) is 9.80. The molecule has 1 aliphatic heterocycles. The van der Waals surface area contributed by atoms with Crippen molar-refractivity contribution in [2.45, 2.75) is 32.4 Å². The zero-order valence-electron chi connectivity index (χ0n) is 8.42. The second kappa shape index (κ2) is 4.52. The Hall–Kier alpha value is -0.940. The van der Waals surface area contributed by atoms with Gasteiger partial charge >= 0.3 is 0 Å². The predicted octanol–water partition coefficient (Wildman–Crippen LogP) is 0.220. The topological polar surface area (TPSA) is 63.0 Å². The number of piperidine rings is 1. The first kappa shape index (κ1) is 9.61. The molecule has 14 heavy (non-hydrogen) atoms. The lowest BCUT2D eigenvalue weighted by molar-refractivity contribution is 0.366. The Morgan fingerprint density at radius 1 is 1.50 bits per heavy atom. The van der Waals surface area contributed by atoms with Crippen LogP contribution in [0, 0.1) is 6.92 Å². The Morgan fingerprint density at radius 2 is 2.29 bits per heavy atom. The zero-order valence-corrected chi connectivity index (χ0v) is 8.42. The lowest BCUT2D eigenvalue weighted by atomic mass is 10.1. The average Bonchev–Trinajstić information content (AvgIpc) is 2.63. The van der Waals surface area contributed by atoms with Gasteiger partial charge in [0.15, 0.2) is 5.82 Å². The molecule has 0 aliphatic carbocycles. The summed E-state index contributed by atoms with van der Waals surface area (Å²) in [6.07, 6.45) is 2.35. The Morgan fingerprint density at radius 3 is 2.93 bits per heavy atom. The Bertz CT molecular complexity index is 280. The van der Waals surface area contributed by atoms with E-state index in [1.807, 2.05) is 0 Å². The molecular formula is C9H16N4O. The van der Waals surface area contributed by atoms with Gasteiger partial charge in [0.25, 0.3) is 0 Å². The maximum Gasteiger partial charge on any atom is 0.223 e. The summed E-state index contributed by atoms with van der Waals surface area (Å²) < 4.78 is 4.89. The molecule has 2 N–H and O–H groups in total. The molecule has 2 heterocycles. The summed E-state index contributed by atoms with van der Waals surface area (Å²) in [5.41, 5.74) is 0. The van der Waals surface area contributed by atoms with Crippen molar-refractivity contribution in [3.63, 3.8) is 0 Å². The molecule has 1 aliphatic rings. The van der Waals surface area contributed by atoms with Crippen LogP contribution in [-0.4, -0.2) is 29.3 Å². The van der Waals surface area contributed by atoms with Crippen LogP contribution in [0.5, 0.6) is 0 Å². The van der Waals surface area contributed by atoms with Gasteiger partial charge < -0.3 is 15.2 Å². The van der Waals surface area contributed by atoms with Gasteiger partial charge in [0.05, 0.1) is 6.54 Å². The maximum absolute atomic E-state index is 4.89. The van der Waals surface area contributed by atoms with Crippen LogP contribution in [0.25, 0.3) is 0 Å². The molecule has 0 spiro atoms. The van der Waals surface area contributed by atoms with E-state index in [2.05, 4.69) is 20.8 Å².